The summed E-state index contributed by atoms with van der Waals surface area (Å²) in [5.74, 6) is -1.52. The Morgan fingerprint density at radius 3 is 1.52 bits per heavy atom. The molecule has 8 heteroatoms. The second kappa shape index (κ2) is 5.19. The average Bonchev–Trinajstić information content (AvgIpc) is 2.37. The van der Waals surface area contributed by atoms with Crippen LogP contribution >= 0.6 is 0 Å². The minimum atomic E-state index is -0.792. The fraction of sp³-hybridized carbons (Fsp3) is 0.692. The van der Waals surface area contributed by atoms with Gasteiger partial charge in [0.1, 0.15) is 0 Å². The summed E-state index contributed by atoms with van der Waals surface area (Å²) in [6.45, 7) is 7.08. The summed E-state index contributed by atoms with van der Waals surface area (Å²) < 4.78 is 0. The van der Waals surface area contributed by atoms with Crippen molar-refractivity contribution in [3.63, 3.8) is 0 Å². The standard InChI is InChI=1S/C13H20N4O4/c1-7-11(20)14-9(18)5-16(7)13(3,4)17-6-10(19)15-12(21)8(17)2/h7-8H,5-6H2,1-4H3,(H,14,18,20)(H,15,19,21). The Balaban J connectivity index is 2.31. The minimum absolute atomic E-state index is 0.0406. The molecule has 2 aliphatic rings. The lowest BCUT2D eigenvalue weighted by Gasteiger charge is -2.52. The molecule has 21 heavy (non-hydrogen) atoms. The molecule has 2 atom stereocenters. The monoisotopic (exact) mass is 296 g/mol. The van der Waals surface area contributed by atoms with E-state index < -0.39 is 17.7 Å². The van der Waals surface area contributed by atoms with Crippen molar-refractivity contribution in [2.45, 2.75) is 45.4 Å². The van der Waals surface area contributed by atoms with E-state index in [9.17, 15) is 19.2 Å². The van der Waals surface area contributed by atoms with Gasteiger partial charge in [0, 0.05) is 0 Å². The van der Waals surface area contributed by atoms with Crippen LogP contribution in [-0.2, 0) is 19.2 Å². The Hall–Kier alpha value is -1.80. The van der Waals surface area contributed by atoms with Crippen LogP contribution < -0.4 is 10.6 Å². The van der Waals surface area contributed by atoms with E-state index in [1.54, 1.807) is 37.5 Å². The van der Waals surface area contributed by atoms with Gasteiger partial charge < -0.3 is 0 Å². The van der Waals surface area contributed by atoms with E-state index in [0.29, 0.717) is 0 Å². The molecule has 0 aromatic carbocycles. The summed E-state index contributed by atoms with van der Waals surface area (Å²) in [5.41, 5.74) is -0.792. The van der Waals surface area contributed by atoms with E-state index in [1.165, 1.54) is 0 Å². The molecular formula is C13H20N4O4. The predicted molar refractivity (Wildman–Crippen MR) is 72.7 cm³/mol. The Bertz CT molecular complexity index is 472. The molecule has 0 saturated carbocycles. The molecule has 0 aliphatic carbocycles. The van der Waals surface area contributed by atoms with Crippen molar-refractivity contribution in [3.8, 4) is 0 Å². The van der Waals surface area contributed by atoms with Gasteiger partial charge in [0.15, 0.2) is 0 Å². The summed E-state index contributed by atoms with van der Waals surface area (Å²) >= 11 is 0. The molecule has 8 nitrogen and oxygen atoms in total. The highest BCUT2D eigenvalue weighted by Crippen LogP contribution is 2.27. The highest BCUT2D eigenvalue weighted by Gasteiger charge is 2.47. The molecule has 2 N–H and O–H groups in total. The number of nitrogens with one attached hydrogen (secondary N) is 2. The van der Waals surface area contributed by atoms with Gasteiger partial charge >= 0.3 is 0 Å². The van der Waals surface area contributed by atoms with Crippen LogP contribution in [0.15, 0.2) is 0 Å². The van der Waals surface area contributed by atoms with Gasteiger partial charge in [-0.05, 0) is 27.7 Å². The first kappa shape index (κ1) is 15.6. The van der Waals surface area contributed by atoms with Crippen molar-refractivity contribution < 1.29 is 19.2 Å². The highest BCUT2D eigenvalue weighted by atomic mass is 16.2. The molecule has 0 spiro atoms. The fourth-order valence-corrected chi connectivity index (χ4v) is 2.93. The van der Waals surface area contributed by atoms with Gasteiger partial charge in [-0.25, -0.2) is 0 Å². The van der Waals surface area contributed by atoms with Crippen LogP contribution in [0.25, 0.3) is 0 Å². The Morgan fingerprint density at radius 2 is 1.19 bits per heavy atom. The molecule has 2 unspecified atom stereocenters. The molecule has 2 saturated heterocycles. The number of hydrogen-bond donors (Lipinski definition) is 2. The third kappa shape index (κ3) is 2.68. The number of carbonyl (C=O) groups excluding carboxylic acids is 4. The minimum Gasteiger partial charge on any atom is -0.294 e. The third-order valence-corrected chi connectivity index (χ3v) is 4.25. The molecule has 0 radical (unpaired) electrons. The Kier molecular flexibility index (Phi) is 3.85. The van der Waals surface area contributed by atoms with E-state index in [0.717, 1.165) is 0 Å². The van der Waals surface area contributed by atoms with Crippen LogP contribution in [-0.4, -0.2) is 64.3 Å². The number of hydrogen-bond acceptors (Lipinski definition) is 6. The number of amides is 4. The lowest BCUT2D eigenvalue weighted by Crippen LogP contribution is -2.72. The second-order valence-corrected chi connectivity index (χ2v) is 5.93. The quantitative estimate of drug-likeness (QED) is 0.597. The number of carbonyl (C=O) groups is 4. The normalized spacial score (nSPS) is 29.3. The molecule has 4 amide bonds. The topological polar surface area (TPSA) is 98.8 Å². The van der Waals surface area contributed by atoms with Gasteiger partial charge in [0.2, 0.25) is 23.6 Å². The summed E-state index contributed by atoms with van der Waals surface area (Å²) in [7, 11) is 0. The van der Waals surface area contributed by atoms with Gasteiger partial charge in [-0.15, -0.1) is 0 Å². The van der Waals surface area contributed by atoms with Crippen LogP contribution in [0, 0.1) is 0 Å². The maximum atomic E-state index is 11.8. The first-order valence-electron chi connectivity index (χ1n) is 6.85. The van der Waals surface area contributed by atoms with Gasteiger partial charge in [0.05, 0.1) is 30.8 Å². The van der Waals surface area contributed by atoms with Gasteiger partial charge in [-0.3, -0.25) is 39.6 Å². The van der Waals surface area contributed by atoms with Crippen LogP contribution in [0.3, 0.4) is 0 Å². The van der Waals surface area contributed by atoms with Crippen LogP contribution in [0.2, 0.25) is 0 Å². The SMILES string of the molecule is CC1C(=O)NC(=O)CN1C(C)(C)N1CC(=O)NC(=O)C1C. The van der Waals surface area contributed by atoms with Crippen molar-refractivity contribution in [1.82, 2.24) is 20.4 Å². The molecule has 0 aromatic heterocycles. The summed E-state index contributed by atoms with van der Waals surface area (Å²) in [4.78, 5) is 50.3. The van der Waals surface area contributed by atoms with Crippen molar-refractivity contribution in [2.24, 2.45) is 0 Å². The van der Waals surface area contributed by atoms with Crippen molar-refractivity contribution in [1.29, 1.82) is 0 Å². The van der Waals surface area contributed by atoms with E-state index in [2.05, 4.69) is 10.6 Å². The van der Waals surface area contributed by atoms with Crippen molar-refractivity contribution in [3.05, 3.63) is 0 Å². The van der Waals surface area contributed by atoms with Gasteiger partial charge in [-0.1, -0.05) is 0 Å². The number of nitrogens with zero attached hydrogens (tertiary/aromatic N) is 2. The zero-order valence-corrected chi connectivity index (χ0v) is 12.6. The molecule has 2 heterocycles. The molecule has 116 valence electrons. The van der Waals surface area contributed by atoms with E-state index in [1.807, 2.05) is 0 Å². The molecule has 2 aliphatic heterocycles. The first-order chi connectivity index (χ1) is 9.64. The lowest BCUT2D eigenvalue weighted by atomic mass is 10.0. The Labute approximate surface area is 122 Å². The lowest BCUT2D eigenvalue weighted by molar-refractivity contribution is -0.159. The number of piperazine rings is 2. The van der Waals surface area contributed by atoms with E-state index >= 15 is 0 Å². The fourth-order valence-electron chi connectivity index (χ4n) is 2.93. The van der Waals surface area contributed by atoms with E-state index in [-0.39, 0.29) is 36.7 Å². The van der Waals surface area contributed by atoms with Crippen LogP contribution in [0.4, 0.5) is 0 Å². The van der Waals surface area contributed by atoms with Crippen LogP contribution in [0.5, 0.6) is 0 Å². The summed E-state index contributed by atoms with van der Waals surface area (Å²) in [6.07, 6.45) is 0. The molecular weight excluding hydrogens is 276 g/mol. The van der Waals surface area contributed by atoms with E-state index in [4.69, 9.17) is 0 Å². The van der Waals surface area contributed by atoms with Crippen molar-refractivity contribution >= 4 is 23.6 Å². The third-order valence-electron chi connectivity index (χ3n) is 4.25. The van der Waals surface area contributed by atoms with Gasteiger partial charge in [0.25, 0.3) is 0 Å². The zero-order chi connectivity index (χ0) is 15.9. The Morgan fingerprint density at radius 1 is 0.857 bits per heavy atom. The summed E-state index contributed by atoms with van der Waals surface area (Å²) in [6, 6.07) is -1.05. The number of imide groups is 2. The zero-order valence-electron chi connectivity index (χ0n) is 12.6. The average molecular weight is 296 g/mol. The predicted octanol–water partition coefficient (Wildman–Crippen LogP) is -1.58. The molecule has 2 fully saturated rings. The van der Waals surface area contributed by atoms with Gasteiger partial charge in [-0.2, -0.15) is 0 Å². The molecule has 2 rings (SSSR count). The molecule has 0 aromatic rings. The smallest absolute Gasteiger partial charge is 0.243 e. The first-order valence-corrected chi connectivity index (χ1v) is 6.85. The largest absolute Gasteiger partial charge is 0.294 e. The second-order valence-electron chi connectivity index (χ2n) is 5.93. The summed E-state index contributed by atoms with van der Waals surface area (Å²) in [5, 5.41) is 4.56. The highest BCUT2D eigenvalue weighted by molar-refractivity contribution is 6.02. The molecule has 0 bridgehead atoms. The maximum absolute atomic E-state index is 11.8. The van der Waals surface area contributed by atoms with Crippen LogP contribution in [0.1, 0.15) is 27.7 Å². The number of rotatable bonds is 2. The van der Waals surface area contributed by atoms with Crippen molar-refractivity contribution in [2.75, 3.05) is 13.1 Å². The maximum Gasteiger partial charge on any atom is 0.243 e.